The standard InChI is InChI=1S/C15H22F2N2O3/c1-10(9-18-14(20)22-15(2,3)4)19-11-7-5-6-8-12(11)21-13(16)17/h5-8,10,13,19H,9H2,1-4H3,(H,18,20). The van der Waals surface area contributed by atoms with Gasteiger partial charge < -0.3 is 20.1 Å². The average Bonchev–Trinajstić information content (AvgIpc) is 2.36. The number of nitrogens with one attached hydrogen (secondary N) is 2. The van der Waals surface area contributed by atoms with Gasteiger partial charge in [-0.05, 0) is 39.8 Å². The molecular weight excluding hydrogens is 294 g/mol. The Labute approximate surface area is 129 Å². The molecule has 0 spiro atoms. The van der Waals surface area contributed by atoms with Gasteiger partial charge in [-0.2, -0.15) is 8.78 Å². The van der Waals surface area contributed by atoms with Gasteiger partial charge in [-0.3, -0.25) is 0 Å². The first-order valence-electron chi connectivity index (χ1n) is 6.94. The second-order valence-electron chi connectivity index (χ2n) is 5.80. The van der Waals surface area contributed by atoms with Crippen molar-refractivity contribution in [2.24, 2.45) is 0 Å². The smallest absolute Gasteiger partial charge is 0.407 e. The van der Waals surface area contributed by atoms with Crippen LogP contribution in [0.15, 0.2) is 24.3 Å². The first kappa shape index (κ1) is 18.0. The van der Waals surface area contributed by atoms with Gasteiger partial charge in [-0.1, -0.05) is 12.1 Å². The van der Waals surface area contributed by atoms with Gasteiger partial charge >= 0.3 is 12.7 Å². The molecule has 0 aliphatic heterocycles. The van der Waals surface area contributed by atoms with E-state index in [-0.39, 0.29) is 18.3 Å². The third kappa shape index (κ3) is 7.10. The number of halogens is 2. The summed E-state index contributed by atoms with van der Waals surface area (Å²) in [6.45, 7) is 4.50. The molecule has 1 atom stereocenters. The Morgan fingerprint density at radius 2 is 1.91 bits per heavy atom. The summed E-state index contributed by atoms with van der Waals surface area (Å²) in [7, 11) is 0. The Balaban J connectivity index is 2.52. The maximum absolute atomic E-state index is 12.3. The zero-order chi connectivity index (χ0) is 16.8. The highest BCUT2D eigenvalue weighted by molar-refractivity contribution is 5.67. The minimum absolute atomic E-state index is 0.0571. The lowest BCUT2D eigenvalue weighted by molar-refractivity contribution is -0.0493. The van der Waals surface area contributed by atoms with Crippen LogP contribution in [0.25, 0.3) is 0 Å². The number of para-hydroxylation sites is 2. The van der Waals surface area contributed by atoms with Crippen molar-refractivity contribution in [3.05, 3.63) is 24.3 Å². The number of benzene rings is 1. The Hall–Kier alpha value is -2.05. The number of amides is 1. The number of rotatable bonds is 6. The number of carbonyl (C=O) groups excluding carboxylic acids is 1. The molecule has 5 nitrogen and oxygen atoms in total. The SMILES string of the molecule is CC(CNC(=O)OC(C)(C)C)Nc1ccccc1OC(F)F. The number of ether oxygens (including phenoxy) is 2. The molecule has 1 aromatic rings. The molecule has 124 valence electrons. The molecule has 1 amide bonds. The molecule has 0 aliphatic rings. The second-order valence-corrected chi connectivity index (χ2v) is 5.80. The van der Waals surface area contributed by atoms with Gasteiger partial charge in [-0.25, -0.2) is 4.79 Å². The molecule has 0 bridgehead atoms. The van der Waals surface area contributed by atoms with E-state index in [4.69, 9.17) is 4.74 Å². The van der Waals surface area contributed by atoms with E-state index in [1.165, 1.54) is 6.07 Å². The summed E-state index contributed by atoms with van der Waals surface area (Å²) < 4.78 is 34.2. The summed E-state index contributed by atoms with van der Waals surface area (Å²) in [5, 5.41) is 5.61. The van der Waals surface area contributed by atoms with Crippen LogP contribution in [0.3, 0.4) is 0 Å². The third-order valence-corrected chi connectivity index (χ3v) is 2.46. The molecule has 1 rings (SSSR count). The topological polar surface area (TPSA) is 59.6 Å². The zero-order valence-corrected chi connectivity index (χ0v) is 13.2. The van der Waals surface area contributed by atoms with E-state index in [1.54, 1.807) is 45.9 Å². The highest BCUT2D eigenvalue weighted by atomic mass is 19.3. The lowest BCUT2D eigenvalue weighted by Crippen LogP contribution is -2.38. The van der Waals surface area contributed by atoms with Crippen molar-refractivity contribution in [2.75, 3.05) is 11.9 Å². The summed E-state index contributed by atoms with van der Waals surface area (Å²) in [6, 6.07) is 6.18. The zero-order valence-electron chi connectivity index (χ0n) is 13.2. The van der Waals surface area contributed by atoms with Crippen LogP contribution in [0.1, 0.15) is 27.7 Å². The van der Waals surface area contributed by atoms with E-state index >= 15 is 0 Å². The molecule has 1 aromatic carbocycles. The lowest BCUT2D eigenvalue weighted by atomic mass is 10.2. The summed E-state index contributed by atoms with van der Waals surface area (Å²) in [5.74, 6) is 0.0571. The van der Waals surface area contributed by atoms with Crippen LogP contribution in [0.5, 0.6) is 5.75 Å². The first-order chi connectivity index (χ1) is 10.2. The quantitative estimate of drug-likeness (QED) is 0.841. The maximum Gasteiger partial charge on any atom is 0.407 e. The number of anilines is 1. The molecule has 0 fully saturated rings. The van der Waals surface area contributed by atoms with Crippen LogP contribution in [-0.2, 0) is 4.74 Å². The number of carbonyl (C=O) groups is 1. The molecule has 0 saturated carbocycles. The van der Waals surface area contributed by atoms with Crippen molar-refractivity contribution in [1.29, 1.82) is 0 Å². The van der Waals surface area contributed by atoms with E-state index < -0.39 is 18.3 Å². The van der Waals surface area contributed by atoms with E-state index in [2.05, 4.69) is 15.4 Å². The minimum atomic E-state index is -2.89. The van der Waals surface area contributed by atoms with E-state index in [0.29, 0.717) is 5.69 Å². The van der Waals surface area contributed by atoms with Crippen LogP contribution < -0.4 is 15.4 Å². The van der Waals surface area contributed by atoms with Gasteiger partial charge in [-0.15, -0.1) is 0 Å². The summed E-state index contributed by atoms with van der Waals surface area (Å²) in [5.41, 5.74) is -0.139. The van der Waals surface area contributed by atoms with Crippen molar-refractivity contribution in [2.45, 2.75) is 45.9 Å². The molecule has 2 N–H and O–H groups in total. The van der Waals surface area contributed by atoms with Crippen molar-refractivity contribution in [3.63, 3.8) is 0 Å². The minimum Gasteiger partial charge on any atom is -0.444 e. The van der Waals surface area contributed by atoms with Crippen LogP contribution in [0, 0.1) is 0 Å². The van der Waals surface area contributed by atoms with Gasteiger partial charge in [0.25, 0.3) is 0 Å². The molecule has 0 radical (unpaired) electrons. The highest BCUT2D eigenvalue weighted by Crippen LogP contribution is 2.25. The normalized spacial score (nSPS) is 12.7. The Morgan fingerprint density at radius 1 is 1.27 bits per heavy atom. The second kappa shape index (κ2) is 7.82. The molecule has 1 unspecified atom stereocenters. The lowest BCUT2D eigenvalue weighted by Gasteiger charge is -2.22. The monoisotopic (exact) mass is 316 g/mol. The van der Waals surface area contributed by atoms with Crippen molar-refractivity contribution < 1.29 is 23.0 Å². The number of hydrogen-bond acceptors (Lipinski definition) is 4. The predicted molar refractivity (Wildman–Crippen MR) is 80.4 cm³/mol. The van der Waals surface area contributed by atoms with Crippen LogP contribution in [-0.4, -0.2) is 30.9 Å². The van der Waals surface area contributed by atoms with E-state index in [1.807, 2.05) is 0 Å². The van der Waals surface area contributed by atoms with Gasteiger partial charge in [0, 0.05) is 12.6 Å². The predicted octanol–water partition coefficient (Wildman–Crippen LogP) is 3.61. The Bertz CT molecular complexity index is 490. The molecule has 7 heteroatoms. The molecule has 22 heavy (non-hydrogen) atoms. The van der Waals surface area contributed by atoms with Gasteiger partial charge in [0.2, 0.25) is 0 Å². The molecule has 0 heterocycles. The summed E-state index contributed by atoms with van der Waals surface area (Å²) >= 11 is 0. The van der Waals surface area contributed by atoms with Crippen molar-refractivity contribution in [1.82, 2.24) is 5.32 Å². The van der Waals surface area contributed by atoms with Crippen LogP contribution >= 0.6 is 0 Å². The Morgan fingerprint density at radius 3 is 2.50 bits per heavy atom. The fourth-order valence-electron chi connectivity index (χ4n) is 1.65. The van der Waals surface area contributed by atoms with Crippen LogP contribution in [0.2, 0.25) is 0 Å². The molecule has 0 saturated heterocycles. The van der Waals surface area contributed by atoms with Gasteiger partial charge in [0.15, 0.2) is 0 Å². The number of hydrogen-bond donors (Lipinski definition) is 2. The fraction of sp³-hybridized carbons (Fsp3) is 0.533. The Kier molecular flexibility index (Phi) is 6.39. The third-order valence-electron chi connectivity index (χ3n) is 2.46. The van der Waals surface area contributed by atoms with E-state index in [9.17, 15) is 13.6 Å². The highest BCUT2D eigenvalue weighted by Gasteiger charge is 2.17. The number of alkyl carbamates (subject to hydrolysis) is 1. The van der Waals surface area contributed by atoms with Crippen molar-refractivity contribution >= 4 is 11.8 Å². The largest absolute Gasteiger partial charge is 0.444 e. The fourth-order valence-corrected chi connectivity index (χ4v) is 1.65. The number of alkyl halides is 2. The maximum atomic E-state index is 12.3. The summed E-state index contributed by atoms with van der Waals surface area (Å²) in [4.78, 5) is 11.5. The van der Waals surface area contributed by atoms with Gasteiger partial charge in [0.05, 0.1) is 5.69 Å². The van der Waals surface area contributed by atoms with Crippen LogP contribution in [0.4, 0.5) is 19.3 Å². The summed E-state index contributed by atoms with van der Waals surface area (Å²) in [6.07, 6.45) is -0.529. The van der Waals surface area contributed by atoms with E-state index in [0.717, 1.165) is 0 Å². The van der Waals surface area contributed by atoms with Crippen molar-refractivity contribution in [3.8, 4) is 5.75 Å². The first-order valence-corrected chi connectivity index (χ1v) is 6.94. The molecule has 0 aliphatic carbocycles. The molecular formula is C15H22F2N2O3. The van der Waals surface area contributed by atoms with Gasteiger partial charge in [0.1, 0.15) is 11.4 Å². The molecule has 0 aromatic heterocycles. The average molecular weight is 316 g/mol.